The quantitative estimate of drug-likeness (QED) is 0.739. The number of nitrogen functional groups attached to an aromatic ring is 1. The Morgan fingerprint density at radius 3 is 3.05 bits per heavy atom. The van der Waals surface area contributed by atoms with Crippen LogP contribution < -0.4 is 16.0 Å². The van der Waals surface area contributed by atoms with E-state index in [-0.39, 0.29) is 10.9 Å². The Bertz CT molecular complexity index is 570. The highest BCUT2D eigenvalue weighted by atomic mass is 35.5. The largest absolute Gasteiger partial charge is 0.465 e. The van der Waals surface area contributed by atoms with Crippen molar-refractivity contribution in [3.63, 3.8) is 0 Å². The number of nitrogens with zero attached hydrogens (tertiary/aromatic N) is 2. The molecule has 0 aliphatic carbocycles. The molecule has 1 atom stereocenters. The molecule has 0 bridgehead atoms. The average Bonchev–Trinajstić information content (AvgIpc) is 2.88. The van der Waals surface area contributed by atoms with E-state index in [9.17, 15) is 10.1 Å². The highest BCUT2D eigenvalue weighted by molar-refractivity contribution is 6.34. The molecular weight excluding hydrogens is 280 g/mol. The van der Waals surface area contributed by atoms with Gasteiger partial charge >= 0.3 is 6.09 Å². The monoisotopic (exact) mass is 294 g/mol. The summed E-state index contributed by atoms with van der Waals surface area (Å²) >= 11 is 6.05. The van der Waals surface area contributed by atoms with Crippen LogP contribution in [0.3, 0.4) is 0 Å². The molecule has 20 heavy (non-hydrogen) atoms. The van der Waals surface area contributed by atoms with Gasteiger partial charge in [0.15, 0.2) is 0 Å². The van der Waals surface area contributed by atoms with Crippen molar-refractivity contribution in [2.75, 3.05) is 30.3 Å². The zero-order chi connectivity index (χ0) is 14.7. The van der Waals surface area contributed by atoms with Crippen molar-refractivity contribution in [3.8, 4) is 6.07 Å². The Labute approximate surface area is 121 Å². The molecule has 1 fully saturated rings. The fourth-order valence-corrected chi connectivity index (χ4v) is 2.60. The fourth-order valence-electron chi connectivity index (χ4n) is 2.40. The molecule has 1 saturated heterocycles. The molecule has 1 heterocycles. The second-order valence-electron chi connectivity index (χ2n) is 4.76. The van der Waals surface area contributed by atoms with E-state index in [1.54, 1.807) is 12.1 Å². The van der Waals surface area contributed by atoms with Crippen LogP contribution in [0.2, 0.25) is 5.02 Å². The van der Waals surface area contributed by atoms with E-state index in [1.165, 1.54) is 0 Å². The summed E-state index contributed by atoms with van der Waals surface area (Å²) in [6.07, 6.45) is -0.149. The fraction of sp³-hybridized carbons (Fsp3) is 0.385. The van der Waals surface area contributed by atoms with Crippen LogP contribution in [0.25, 0.3) is 0 Å². The number of halogens is 1. The first-order valence-corrected chi connectivity index (χ1v) is 6.60. The molecule has 0 spiro atoms. The van der Waals surface area contributed by atoms with Gasteiger partial charge in [-0.2, -0.15) is 5.26 Å². The third-order valence-corrected chi connectivity index (χ3v) is 3.84. The minimum atomic E-state index is -1.02. The first-order valence-electron chi connectivity index (χ1n) is 6.22. The average molecular weight is 295 g/mol. The van der Waals surface area contributed by atoms with Crippen molar-refractivity contribution >= 4 is 29.1 Å². The minimum absolute atomic E-state index is 0.231. The molecule has 1 aromatic carbocycles. The van der Waals surface area contributed by atoms with E-state index in [0.29, 0.717) is 24.3 Å². The number of carboxylic acid groups (broad SMARTS) is 1. The summed E-state index contributed by atoms with van der Waals surface area (Å²) in [5.74, 6) is 0.231. The second-order valence-corrected chi connectivity index (χ2v) is 5.14. The molecule has 1 aliphatic rings. The van der Waals surface area contributed by atoms with Gasteiger partial charge in [0.1, 0.15) is 6.07 Å². The summed E-state index contributed by atoms with van der Waals surface area (Å²) in [5, 5.41) is 20.5. The topological polar surface area (TPSA) is 102 Å². The van der Waals surface area contributed by atoms with Gasteiger partial charge in [0.2, 0.25) is 0 Å². The van der Waals surface area contributed by atoms with E-state index < -0.39 is 6.09 Å². The molecule has 1 unspecified atom stereocenters. The van der Waals surface area contributed by atoms with Gasteiger partial charge in [0.25, 0.3) is 0 Å². The zero-order valence-corrected chi connectivity index (χ0v) is 11.5. The lowest BCUT2D eigenvalue weighted by molar-refractivity contribution is 0.192. The molecule has 7 heteroatoms. The number of nitrogens with two attached hydrogens (primary N) is 1. The summed E-state index contributed by atoms with van der Waals surface area (Å²) in [6, 6.07) is 5.55. The van der Waals surface area contributed by atoms with Crippen molar-refractivity contribution in [2.45, 2.75) is 6.42 Å². The highest BCUT2D eigenvalue weighted by Gasteiger charge is 2.25. The summed E-state index contributed by atoms with van der Waals surface area (Å²) in [6.45, 7) is 1.87. The Kier molecular flexibility index (Phi) is 4.20. The van der Waals surface area contributed by atoms with E-state index in [1.807, 2.05) is 4.90 Å². The van der Waals surface area contributed by atoms with Gasteiger partial charge in [0.05, 0.1) is 22.0 Å². The summed E-state index contributed by atoms with van der Waals surface area (Å²) in [4.78, 5) is 12.5. The molecule has 0 radical (unpaired) electrons. The van der Waals surface area contributed by atoms with Crippen LogP contribution >= 0.6 is 11.6 Å². The molecular formula is C13H15ClN4O2. The first kappa shape index (κ1) is 14.3. The number of carbonyl (C=O) groups is 1. The number of nitriles is 1. The Balaban J connectivity index is 2.13. The van der Waals surface area contributed by atoms with E-state index in [2.05, 4.69) is 11.4 Å². The van der Waals surface area contributed by atoms with Crippen LogP contribution in [0.1, 0.15) is 12.0 Å². The zero-order valence-electron chi connectivity index (χ0n) is 10.8. The van der Waals surface area contributed by atoms with Crippen LogP contribution in [0.5, 0.6) is 0 Å². The predicted octanol–water partition coefficient (Wildman–Crippen LogP) is 1.89. The number of rotatable bonds is 3. The van der Waals surface area contributed by atoms with Gasteiger partial charge in [-0.25, -0.2) is 4.79 Å². The molecule has 1 amide bonds. The number of benzene rings is 1. The number of nitrogens with one attached hydrogen (secondary N) is 1. The van der Waals surface area contributed by atoms with E-state index in [4.69, 9.17) is 22.4 Å². The van der Waals surface area contributed by atoms with E-state index in [0.717, 1.165) is 18.7 Å². The summed E-state index contributed by atoms with van der Waals surface area (Å²) in [7, 11) is 0. The molecule has 0 aromatic heterocycles. The van der Waals surface area contributed by atoms with Gasteiger partial charge < -0.3 is 21.1 Å². The normalized spacial score (nSPS) is 17.8. The van der Waals surface area contributed by atoms with Gasteiger partial charge in [-0.15, -0.1) is 0 Å². The molecule has 1 aromatic rings. The molecule has 106 valence electrons. The Morgan fingerprint density at radius 2 is 2.40 bits per heavy atom. The van der Waals surface area contributed by atoms with Crippen molar-refractivity contribution < 1.29 is 9.90 Å². The molecule has 2 rings (SSSR count). The number of hydrogen-bond donors (Lipinski definition) is 3. The van der Waals surface area contributed by atoms with Gasteiger partial charge in [-0.05, 0) is 24.5 Å². The predicted molar refractivity (Wildman–Crippen MR) is 76.9 cm³/mol. The molecule has 0 saturated carbocycles. The third kappa shape index (κ3) is 2.89. The molecule has 6 nitrogen and oxygen atoms in total. The van der Waals surface area contributed by atoms with Crippen molar-refractivity contribution in [1.82, 2.24) is 5.32 Å². The van der Waals surface area contributed by atoms with Gasteiger partial charge in [-0.3, -0.25) is 0 Å². The van der Waals surface area contributed by atoms with Crippen LogP contribution in [0, 0.1) is 17.2 Å². The molecule has 1 aliphatic heterocycles. The van der Waals surface area contributed by atoms with Crippen LogP contribution in [0.4, 0.5) is 16.2 Å². The molecule has 4 N–H and O–H groups in total. The highest BCUT2D eigenvalue weighted by Crippen LogP contribution is 2.34. The summed E-state index contributed by atoms with van der Waals surface area (Å²) < 4.78 is 0. The third-order valence-electron chi connectivity index (χ3n) is 3.43. The maximum Gasteiger partial charge on any atom is 0.404 e. The smallest absolute Gasteiger partial charge is 0.404 e. The lowest BCUT2D eigenvalue weighted by Gasteiger charge is -2.21. The SMILES string of the molecule is N#Cc1c(N2CCC(CNC(=O)O)C2)ccc(N)c1Cl. The Morgan fingerprint density at radius 1 is 1.65 bits per heavy atom. The van der Waals surface area contributed by atoms with Gasteiger partial charge in [-0.1, -0.05) is 11.6 Å². The lowest BCUT2D eigenvalue weighted by atomic mass is 10.1. The van der Waals surface area contributed by atoms with Crippen molar-refractivity contribution in [3.05, 3.63) is 22.7 Å². The minimum Gasteiger partial charge on any atom is -0.465 e. The summed E-state index contributed by atoms with van der Waals surface area (Å²) in [5.41, 5.74) is 7.21. The van der Waals surface area contributed by atoms with Crippen LogP contribution in [0.15, 0.2) is 12.1 Å². The van der Waals surface area contributed by atoms with Crippen LogP contribution in [-0.2, 0) is 0 Å². The maximum absolute atomic E-state index is 10.5. The number of anilines is 2. The van der Waals surface area contributed by atoms with E-state index >= 15 is 0 Å². The van der Waals surface area contributed by atoms with Gasteiger partial charge in [0, 0.05) is 19.6 Å². The van der Waals surface area contributed by atoms with Crippen molar-refractivity contribution in [2.24, 2.45) is 5.92 Å². The van der Waals surface area contributed by atoms with Crippen LogP contribution in [-0.4, -0.2) is 30.8 Å². The van der Waals surface area contributed by atoms with Crippen molar-refractivity contribution in [1.29, 1.82) is 5.26 Å². The lowest BCUT2D eigenvalue weighted by Crippen LogP contribution is -2.29. The number of amides is 1. The first-order chi connectivity index (χ1) is 9.52. The Hall–Kier alpha value is -2.13. The second kappa shape index (κ2) is 5.88. The maximum atomic E-state index is 10.5. The standard InChI is InChI=1S/C13H15ClN4O2/c14-12-9(5-15)11(2-1-10(12)16)18-4-3-8(7-18)6-17-13(19)20/h1-2,8,17H,3-4,6-7,16H2,(H,19,20). The number of hydrogen-bond acceptors (Lipinski definition) is 4.